The molecule has 1 aromatic rings. The molecule has 5 nitrogen and oxygen atoms in total. The van der Waals surface area contributed by atoms with Gasteiger partial charge >= 0.3 is 6.18 Å². The second-order valence-corrected chi connectivity index (χ2v) is 5.16. The summed E-state index contributed by atoms with van der Waals surface area (Å²) in [5.41, 5.74) is 0.291. The number of carbonyl (C=O) groups excluding carboxylic acids is 2. The molecule has 2 amide bonds. The van der Waals surface area contributed by atoms with Crippen LogP contribution in [-0.2, 0) is 9.53 Å². The quantitative estimate of drug-likeness (QED) is 0.722. The molecule has 0 saturated carbocycles. The summed E-state index contributed by atoms with van der Waals surface area (Å²) in [6.45, 7) is -2.07. The molecule has 0 aliphatic carbocycles. The van der Waals surface area contributed by atoms with Crippen molar-refractivity contribution in [1.82, 2.24) is 10.6 Å². The van der Waals surface area contributed by atoms with Gasteiger partial charge in [-0.1, -0.05) is 23.2 Å². The predicted molar refractivity (Wildman–Crippen MR) is 78.7 cm³/mol. The standard InChI is InChI=1S/C13H13Cl2F3N2O3/c14-9-2-1-8(5-10(9)15)12(22)20-4-3-19-11(21)6-23-7-13(16,17)18/h1-2,5H,3-4,6-7H2,(H,19,21)(H,20,22). The van der Waals surface area contributed by atoms with E-state index in [1.807, 2.05) is 0 Å². The Morgan fingerprint density at radius 3 is 2.35 bits per heavy atom. The monoisotopic (exact) mass is 372 g/mol. The molecule has 0 fully saturated rings. The van der Waals surface area contributed by atoms with E-state index in [1.54, 1.807) is 0 Å². The number of alkyl halides is 3. The summed E-state index contributed by atoms with van der Waals surface area (Å²) in [6, 6.07) is 4.34. The van der Waals surface area contributed by atoms with Crippen molar-refractivity contribution in [3.05, 3.63) is 33.8 Å². The molecule has 1 aromatic carbocycles. The smallest absolute Gasteiger partial charge is 0.362 e. The van der Waals surface area contributed by atoms with E-state index in [-0.39, 0.29) is 18.1 Å². The second kappa shape index (κ2) is 8.95. The molecule has 0 heterocycles. The highest BCUT2D eigenvalue weighted by Crippen LogP contribution is 2.22. The van der Waals surface area contributed by atoms with Crippen LogP contribution < -0.4 is 10.6 Å². The second-order valence-electron chi connectivity index (χ2n) is 4.34. The minimum Gasteiger partial charge on any atom is -0.362 e. The molecule has 0 atom stereocenters. The van der Waals surface area contributed by atoms with Gasteiger partial charge < -0.3 is 15.4 Å². The Kier molecular flexibility index (Phi) is 7.60. The van der Waals surface area contributed by atoms with Crippen molar-refractivity contribution in [3.63, 3.8) is 0 Å². The van der Waals surface area contributed by atoms with Crippen LogP contribution in [0.4, 0.5) is 13.2 Å². The molecule has 23 heavy (non-hydrogen) atoms. The maximum absolute atomic E-state index is 11.8. The molecule has 0 spiro atoms. The first-order chi connectivity index (χ1) is 10.7. The van der Waals surface area contributed by atoms with Gasteiger partial charge in [0.25, 0.3) is 5.91 Å². The van der Waals surface area contributed by atoms with Crippen molar-refractivity contribution < 1.29 is 27.5 Å². The van der Waals surface area contributed by atoms with Gasteiger partial charge in [-0.3, -0.25) is 9.59 Å². The van der Waals surface area contributed by atoms with E-state index >= 15 is 0 Å². The number of carbonyl (C=O) groups is 2. The van der Waals surface area contributed by atoms with Crippen molar-refractivity contribution in [2.75, 3.05) is 26.3 Å². The van der Waals surface area contributed by atoms with Crippen molar-refractivity contribution in [3.8, 4) is 0 Å². The minimum absolute atomic E-state index is 0.0429. The first kappa shape index (κ1) is 19.5. The summed E-state index contributed by atoms with van der Waals surface area (Å²) < 4.78 is 39.6. The highest BCUT2D eigenvalue weighted by Gasteiger charge is 2.27. The third kappa shape index (κ3) is 8.06. The van der Waals surface area contributed by atoms with E-state index in [9.17, 15) is 22.8 Å². The average Bonchev–Trinajstić information content (AvgIpc) is 2.45. The number of nitrogens with one attached hydrogen (secondary N) is 2. The summed E-state index contributed by atoms with van der Waals surface area (Å²) in [7, 11) is 0. The van der Waals surface area contributed by atoms with Gasteiger partial charge in [0.2, 0.25) is 5.91 Å². The lowest BCUT2D eigenvalue weighted by Gasteiger charge is -2.09. The van der Waals surface area contributed by atoms with Crippen molar-refractivity contribution in [1.29, 1.82) is 0 Å². The normalized spacial score (nSPS) is 11.2. The van der Waals surface area contributed by atoms with Crippen molar-refractivity contribution in [2.45, 2.75) is 6.18 Å². The van der Waals surface area contributed by atoms with Gasteiger partial charge in [0.1, 0.15) is 13.2 Å². The number of amides is 2. The molecule has 1 rings (SSSR count). The molecule has 0 saturated heterocycles. The minimum atomic E-state index is -4.48. The Balaban J connectivity index is 2.22. The summed E-state index contributed by atoms with van der Waals surface area (Å²) >= 11 is 11.5. The Morgan fingerprint density at radius 1 is 1.09 bits per heavy atom. The van der Waals surface area contributed by atoms with Gasteiger partial charge in [0.05, 0.1) is 10.0 Å². The lowest BCUT2D eigenvalue weighted by atomic mass is 10.2. The third-order valence-corrected chi connectivity index (χ3v) is 3.15. The van der Waals surface area contributed by atoms with Gasteiger partial charge in [0.15, 0.2) is 0 Å². The van der Waals surface area contributed by atoms with E-state index in [1.165, 1.54) is 18.2 Å². The number of hydrogen-bond donors (Lipinski definition) is 2. The van der Waals surface area contributed by atoms with Crippen LogP contribution in [0.3, 0.4) is 0 Å². The summed E-state index contributed by atoms with van der Waals surface area (Å²) in [5.74, 6) is -1.14. The zero-order chi connectivity index (χ0) is 17.5. The first-order valence-corrected chi connectivity index (χ1v) is 7.09. The maximum atomic E-state index is 11.8. The summed E-state index contributed by atoms with van der Waals surface area (Å²) in [6.07, 6.45) is -4.48. The molecular weight excluding hydrogens is 360 g/mol. The van der Waals surface area contributed by atoms with Crippen LogP contribution in [0.15, 0.2) is 18.2 Å². The number of benzene rings is 1. The van der Waals surface area contributed by atoms with Crippen molar-refractivity contribution in [2.24, 2.45) is 0 Å². The Labute approximate surface area is 140 Å². The molecule has 0 unspecified atom stereocenters. The van der Waals surface area contributed by atoms with Crippen LogP contribution in [0.25, 0.3) is 0 Å². The molecule has 0 aromatic heterocycles. The topological polar surface area (TPSA) is 67.4 Å². The molecule has 0 aliphatic rings. The molecule has 0 bridgehead atoms. The molecule has 128 valence electrons. The molecule has 2 N–H and O–H groups in total. The summed E-state index contributed by atoms with van der Waals surface area (Å²) in [5, 5.41) is 5.35. The Bertz CT molecular complexity index is 568. The first-order valence-electron chi connectivity index (χ1n) is 6.33. The lowest BCUT2D eigenvalue weighted by Crippen LogP contribution is -2.36. The lowest BCUT2D eigenvalue weighted by molar-refractivity contribution is -0.175. The predicted octanol–water partition coefficient (Wildman–Crippen LogP) is 2.42. The van der Waals surface area contributed by atoms with Gasteiger partial charge in [-0.05, 0) is 18.2 Å². The van der Waals surface area contributed by atoms with Gasteiger partial charge in [-0.15, -0.1) is 0 Å². The number of halogens is 5. The fourth-order valence-electron chi connectivity index (χ4n) is 1.43. The van der Waals surface area contributed by atoms with Gasteiger partial charge in [0, 0.05) is 18.7 Å². The highest BCUT2D eigenvalue weighted by molar-refractivity contribution is 6.42. The van der Waals surface area contributed by atoms with Crippen LogP contribution in [0.2, 0.25) is 10.0 Å². The van der Waals surface area contributed by atoms with Crippen LogP contribution in [0.5, 0.6) is 0 Å². The number of ether oxygens (including phenoxy) is 1. The van der Waals surface area contributed by atoms with Gasteiger partial charge in [-0.2, -0.15) is 13.2 Å². The Hall–Kier alpha value is -1.51. The zero-order valence-corrected chi connectivity index (χ0v) is 13.2. The summed E-state index contributed by atoms with van der Waals surface area (Å²) in [4.78, 5) is 22.9. The van der Waals surface area contributed by atoms with E-state index < -0.39 is 31.2 Å². The van der Waals surface area contributed by atoms with Crippen LogP contribution in [0, 0.1) is 0 Å². The largest absolute Gasteiger partial charge is 0.411 e. The van der Waals surface area contributed by atoms with Crippen LogP contribution in [0.1, 0.15) is 10.4 Å². The highest BCUT2D eigenvalue weighted by atomic mass is 35.5. The molecule has 0 aliphatic heterocycles. The third-order valence-electron chi connectivity index (χ3n) is 2.41. The number of rotatable bonds is 7. The average molecular weight is 373 g/mol. The fraction of sp³-hybridized carbons (Fsp3) is 0.385. The maximum Gasteiger partial charge on any atom is 0.411 e. The zero-order valence-electron chi connectivity index (χ0n) is 11.7. The molecular formula is C13H13Cl2F3N2O3. The van der Waals surface area contributed by atoms with E-state index in [0.717, 1.165) is 0 Å². The molecule has 0 radical (unpaired) electrons. The van der Waals surface area contributed by atoms with Crippen LogP contribution >= 0.6 is 23.2 Å². The SMILES string of the molecule is O=C(COCC(F)(F)F)NCCNC(=O)c1ccc(Cl)c(Cl)c1. The molecule has 10 heteroatoms. The van der Waals surface area contributed by atoms with E-state index in [4.69, 9.17) is 23.2 Å². The fourth-order valence-corrected chi connectivity index (χ4v) is 1.73. The Morgan fingerprint density at radius 2 is 1.74 bits per heavy atom. The van der Waals surface area contributed by atoms with E-state index in [0.29, 0.717) is 10.6 Å². The van der Waals surface area contributed by atoms with Crippen molar-refractivity contribution >= 4 is 35.0 Å². The van der Waals surface area contributed by atoms with Gasteiger partial charge in [-0.25, -0.2) is 0 Å². The van der Waals surface area contributed by atoms with Crippen LogP contribution in [-0.4, -0.2) is 44.3 Å². The van der Waals surface area contributed by atoms with E-state index in [2.05, 4.69) is 15.4 Å². The number of hydrogen-bond acceptors (Lipinski definition) is 3.